The van der Waals surface area contributed by atoms with Gasteiger partial charge in [-0.25, -0.2) is 0 Å². The van der Waals surface area contributed by atoms with Gasteiger partial charge in [-0.3, -0.25) is 4.98 Å². The molecule has 0 bridgehead atoms. The van der Waals surface area contributed by atoms with E-state index in [-0.39, 0.29) is 12.5 Å². The van der Waals surface area contributed by atoms with E-state index >= 15 is 0 Å². The average molecular weight is 386 g/mol. The molecule has 156 valence electrons. The summed E-state index contributed by atoms with van der Waals surface area (Å²) >= 11 is 0. The summed E-state index contributed by atoms with van der Waals surface area (Å²) in [5.74, 6) is 0.792. The van der Waals surface area contributed by atoms with Gasteiger partial charge in [0.05, 0.1) is 6.61 Å². The Labute approximate surface area is 171 Å². The number of nitrogens with one attached hydrogen (secondary N) is 1. The van der Waals surface area contributed by atoms with Gasteiger partial charge in [-0.05, 0) is 71.2 Å². The molecule has 1 aliphatic heterocycles. The van der Waals surface area contributed by atoms with Crippen LogP contribution in [0.2, 0.25) is 0 Å². The van der Waals surface area contributed by atoms with Crippen LogP contribution in [-0.2, 0) is 0 Å². The van der Waals surface area contributed by atoms with Crippen molar-refractivity contribution in [2.45, 2.75) is 52.4 Å². The highest BCUT2D eigenvalue weighted by atomic mass is 16.3. The lowest BCUT2D eigenvalue weighted by molar-refractivity contribution is 0.168. The number of hydrogen-bond acceptors (Lipinski definition) is 4. The molecule has 0 spiro atoms. The Morgan fingerprint density at radius 2 is 2.07 bits per heavy atom. The average Bonchev–Trinajstić information content (AvgIpc) is 3.15. The Morgan fingerprint density at radius 1 is 1.36 bits per heavy atom. The Morgan fingerprint density at radius 3 is 2.43 bits per heavy atom. The Bertz CT molecular complexity index is 579. The summed E-state index contributed by atoms with van der Waals surface area (Å²) in [5.41, 5.74) is 3.22. The van der Waals surface area contributed by atoms with Gasteiger partial charge >= 0.3 is 0 Å². The first-order valence-corrected chi connectivity index (χ1v) is 10.5. The Hall–Kier alpha value is -1.78. The van der Waals surface area contributed by atoms with Gasteiger partial charge in [0, 0.05) is 36.0 Å². The van der Waals surface area contributed by atoms with Crippen molar-refractivity contribution in [1.29, 1.82) is 5.41 Å². The molecule has 0 radical (unpaired) electrons. The topological polar surface area (TPSA) is 60.2 Å². The van der Waals surface area contributed by atoms with Crippen LogP contribution in [0.5, 0.6) is 0 Å². The van der Waals surface area contributed by atoms with Crippen LogP contribution >= 0.6 is 0 Å². The third kappa shape index (κ3) is 10.5. The van der Waals surface area contributed by atoms with Gasteiger partial charge in [-0.1, -0.05) is 30.7 Å². The van der Waals surface area contributed by atoms with Gasteiger partial charge in [0.25, 0.3) is 0 Å². The first-order chi connectivity index (χ1) is 13.5. The highest BCUT2D eigenvalue weighted by molar-refractivity contribution is 5.81. The molecule has 2 N–H and O–H groups in total. The molecule has 1 aliphatic carbocycles. The van der Waals surface area contributed by atoms with Crippen LogP contribution in [0.15, 0.2) is 49.2 Å². The largest absolute Gasteiger partial charge is 0.396 e. The van der Waals surface area contributed by atoms with Crippen molar-refractivity contribution >= 4 is 5.71 Å². The van der Waals surface area contributed by atoms with Crippen LogP contribution in [0.4, 0.5) is 0 Å². The summed E-state index contributed by atoms with van der Waals surface area (Å²) in [4.78, 5) is 6.40. The second kappa shape index (κ2) is 14.3. The molecule has 4 nitrogen and oxygen atoms in total. The SMILES string of the molecule is C=C1CCC(C(C)=N)C1.C=CC(CO)CN1CCCCC1.Cc1ccccn1. The molecule has 2 atom stereocenters. The lowest BCUT2D eigenvalue weighted by Gasteiger charge is -2.28. The second-order valence-corrected chi connectivity index (χ2v) is 7.88. The molecule has 28 heavy (non-hydrogen) atoms. The zero-order chi connectivity index (χ0) is 20.8. The van der Waals surface area contributed by atoms with Crippen LogP contribution in [0, 0.1) is 24.2 Å². The van der Waals surface area contributed by atoms with Crippen molar-refractivity contribution < 1.29 is 5.11 Å². The fourth-order valence-electron chi connectivity index (χ4n) is 3.43. The lowest BCUT2D eigenvalue weighted by Crippen LogP contribution is -2.34. The second-order valence-electron chi connectivity index (χ2n) is 7.88. The predicted octanol–water partition coefficient (Wildman–Crippen LogP) is 5.04. The molecule has 4 heteroatoms. The maximum Gasteiger partial charge on any atom is 0.0506 e. The number of rotatable bonds is 5. The van der Waals surface area contributed by atoms with E-state index in [4.69, 9.17) is 10.5 Å². The first-order valence-electron chi connectivity index (χ1n) is 10.5. The Kier molecular flexibility index (Phi) is 12.3. The monoisotopic (exact) mass is 385 g/mol. The third-order valence-electron chi connectivity index (χ3n) is 5.32. The third-order valence-corrected chi connectivity index (χ3v) is 5.32. The molecule has 1 aromatic rings. The van der Waals surface area contributed by atoms with E-state index < -0.39 is 0 Å². The normalized spacial score (nSPS) is 20.2. The minimum absolute atomic E-state index is 0.236. The van der Waals surface area contributed by atoms with Crippen molar-refractivity contribution in [3.63, 3.8) is 0 Å². The molecule has 1 saturated heterocycles. The molecule has 2 fully saturated rings. The summed E-state index contributed by atoms with van der Waals surface area (Å²) in [7, 11) is 0. The van der Waals surface area contributed by atoms with E-state index in [0.717, 1.165) is 37.2 Å². The van der Waals surface area contributed by atoms with Gasteiger partial charge in [-0.15, -0.1) is 6.58 Å². The summed E-state index contributed by atoms with van der Waals surface area (Å²) in [6, 6.07) is 5.86. The number of aromatic nitrogens is 1. The number of allylic oxidation sites excluding steroid dienone is 1. The van der Waals surface area contributed by atoms with Gasteiger partial charge < -0.3 is 15.4 Å². The molecule has 3 rings (SSSR count). The minimum Gasteiger partial charge on any atom is -0.396 e. The van der Waals surface area contributed by atoms with Crippen LogP contribution in [-0.4, -0.2) is 46.9 Å². The fourth-order valence-corrected chi connectivity index (χ4v) is 3.43. The van der Waals surface area contributed by atoms with Crippen molar-refractivity contribution in [2.24, 2.45) is 11.8 Å². The van der Waals surface area contributed by atoms with E-state index in [2.05, 4.69) is 23.0 Å². The predicted molar refractivity (Wildman–Crippen MR) is 120 cm³/mol. The molecular formula is C24H39N3O. The Balaban J connectivity index is 0.000000218. The number of nitrogens with zero attached hydrogens (tertiary/aromatic N) is 2. The minimum atomic E-state index is 0.236. The number of aryl methyl sites for hydroxylation is 1. The number of pyridine rings is 1. The van der Waals surface area contributed by atoms with E-state index in [0.29, 0.717) is 5.92 Å². The molecule has 2 aliphatic rings. The number of aliphatic hydroxyl groups excluding tert-OH is 1. The molecular weight excluding hydrogens is 346 g/mol. The molecule has 0 aromatic carbocycles. The zero-order valence-corrected chi connectivity index (χ0v) is 17.9. The van der Waals surface area contributed by atoms with Crippen molar-refractivity contribution in [1.82, 2.24) is 9.88 Å². The molecule has 2 unspecified atom stereocenters. The smallest absolute Gasteiger partial charge is 0.0506 e. The highest BCUT2D eigenvalue weighted by Gasteiger charge is 2.18. The summed E-state index contributed by atoms with van der Waals surface area (Å²) in [5, 5.41) is 16.3. The molecule has 2 heterocycles. The van der Waals surface area contributed by atoms with Crippen molar-refractivity contribution in [3.8, 4) is 0 Å². The molecule has 1 saturated carbocycles. The van der Waals surface area contributed by atoms with Crippen molar-refractivity contribution in [3.05, 3.63) is 54.9 Å². The summed E-state index contributed by atoms with van der Waals surface area (Å²) in [6.45, 7) is 15.1. The first kappa shape index (κ1) is 24.3. The van der Waals surface area contributed by atoms with Crippen LogP contribution < -0.4 is 0 Å². The van der Waals surface area contributed by atoms with Crippen LogP contribution in [0.25, 0.3) is 0 Å². The van der Waals surface area contributed by atoms with Crippen LogP contribution in [0.3, 0.4) is 0 Å². The maximum absolute atomic E-state index is 8.96. The van der Waals surface area contributed by atoms with Gasteiger partial charge in [0.1, 0.15) is 0 Å². The lowest BCUT2D eigenvalue weighted by atomic mass is 10.0. The van der Waals surface area contributed by atoms with Gasteiger partial charge in [0.2, 0.25) is 0 Å². The molecule has 0 amide bonds. The quantitative estimate of drug-likeness (QED) is 0.551. The summed E-state index contributed by atoms with van der Waals surface area (Å²) in [6.07, 6.45) is 11.0. The number of hydrogen-bond donors (Lipinski definition) is 2. The van der Waals surface area contributed by atoms with E-state index in [1.54, 1.807) is 6.20 Å². The van der Waals surface area contributed by atoms with Gasteiger partial charge in [0.15, 0.2) is 0 Å². The number of aliphatic hydroxyl groups is 1. The summed E-state index contributed by atoms with van der Waals surface area (Å²) < 4.78 is 0. The zero-order valence-electron chi connectivity index (χ0n) is 17.9. The van der Waals surface area contributed by atoms with Gasteiger partial charge in [-0.2, -0.15) is 0 Å². The fraction of sp³-hybridized carbons (Fsp3) is 0.583. The van der Waals surface area contributed by atoms with E-state index in [9.17, 15) is 0 Å². The number of piperidine rings is 1. The van der Waals surface area contributed by atoms with Crippen LogP contribution in [0.1, 0.15) is 51.1 Å². The number of likely N-dealkylation sites (tertiary alicyclic amines) is 1. The molecule has 1 aromatic heterocycles. The van der Waals surface area contributed by atoms with Crippen molar-refractivity contribution in [2.75, 3.05) is 26.2 Å². The standard InChI is InChI=1S/C10H19NO.C8H13N.C6H7N/c1-2-10(9-12)8-11-6-4-3-5-7-11;1-6-3-4-8(5-6)7(2)9;1-6-4-2-3-5-7-6/h2,10,12H,1,3-9H2;8-9H,1,3-5H2,2H3;2-5H,1H3. The highest BCUT2D eigenvalue weighted by Crippen LogP contribution is 2.29. The van der Waals surface area contributed by atoms with E-state index in [1.807, 2.05) is 38.1 Å². The maximum atomic E-state index is 8.96. The van der Waals surface area contributed by atoms with E-state index in [1.165, 1.54) is 37.9 Å².